The van der Waals surface area contributed by atoms with Crippen LogP contribution < -0.4 is 5.32 Å². The first-order valence-corrected chi connectivity index (χ1v) is 5.33. The number of hydrogen-bond donors (Lipinski definition) is 1. The Morgan fingerprint density at radius 3 is 2.94 bits per heavy atom. The van der Waals surface area contributed by atoms with E-state index in [1.807, 2.05) is 44.2 Å². The smallest absolute Gasteiger partial charge is 0.224 e. The van der Waals surface area contributed by atoms with E-state index in [4.69, 9.17) is 5.26 Å². The largest absolute Gasteiger partial charge is 0.352 e. The van der Waals surface area contributed by atoms with E-state index in [9.17, 15) is 4.79 Å². The predicted octanol–water partition coefficient (Wildman–Crippen LogP) is 1.96. The molecule has 0 aliphatic heterocycles. The Morgan fingerprint density at radius 1 is 1.56 bits per heavy atom. The molecule has 1 N–H and O–H groups in total. The maximum absolute atomic E-state index is 11.6. The molecular weight excluding hydrogens is 200 g/mol. The second kappa shape index (κ2) is 5.92. The number of amides is 1. The first-order chi connectivity index (χ1) is 7.61. The number of nitriles is 1. The minimum atomic E-state index is -0.0812. The minimum absolute atomic E-state index is 0.0339. The van der Waals surface area contributed by atoms with Gasteiger partial charge in [-0.25, -0.2) is 0 Å². The lowest BCUT2D eigenvalue weighted by molar-refractivity contribution is -0.121. The summed E-state index contributed by atoms with van der Waals surface area (Å²) in [6.07, 6.45) is 0.719. The SMILES string of the molecule is Cc1cccc(CC(=O)NC(C)CC#N)c1. The molecule has 0 fully saturated rings. The van der Waals surface area contributed by atoms with Gasteiger partial charge in [0, 0.05) is 6.04 Å². The number of benzene rings is 1. The molecule has 84 valence electrons. The van der Waals surface area contributed by atoms with Gasteiger partial charge in [-0.3, -0.25) is 4.79 Å². The van der Waals surface area contributed by atoms with Gasteiger partial charge in [-0.05, 0) is 19.4 Å². The van der Waals surface area contributed by atoms with Crippen LogP contribution in [0.1, 0.15) is 24.5 Å². The molecule has 0 saturated heterocycles. The normalized spacial score (nSPS) is 11.6. The molecule has 1 aromatic rings. The lowest BCUT2D eigenvalue weighted by Crippen LogP contribution is -2.33. The quantitative estimate of drug-likeness (QED) is 0.836. The van der Waals surface area contributed by atoms with Crippen molar-refractivity contribution in [2.45, 2.75) is 32.7 Å². The van der Waals surface area contributed by atoms with E-state index < -0.39 is 0 Å². The molecule has 0 saturated carbocycles. The Bertz CT molecular complexity index is 407. The second-order valence-electron chi connectivity index (χ2n) is 4.00. The molecule has 1 atom stereocenters. The molecule has 0 spiro atoms. The van der Waals surface area contributed by atoms with Crippen LogP contribution in [0.5, 0.6) is 0 Å². The Hall–Kier alpha value is -1.82. The average molecular weight is 216 g/mol. The van der Waals surface area contributed by atoms with Gasteiger partial charge in [-0.1, -0.05) is 29.8 Å². The highest BCUT2D eigenvalue weighted by molar-refractivity contribution is 5.78. The summed E-state index contributed by atoms with van der Waals surface area (Å²) in [6, 6.07) is 9.82. The van der Waals surface area contributed by atoms with Gasteiger partial charge in [0.2, 0.25) is 5.91 Å². The first kappa shape index (κ1) is 12.3. The molecule has 3 heteroatoms. The lowest BCUT2D eigenvalue weighted by atomic mass is 10.1. The predicted molar refractivity (Wildman–Crippen MR) is 62.7 cm³/mol. The molecule has 1 rings (SSSR count). The van der Waals surface area contributed by atoms with Crippen LogP contribution in [0.15, 0.2) is 24.3 Å². The van der Waals surface area contributed by atoms with E-state index >= 15 is 0 Å². The zero-order valence-corrected chi connectivity index (χ0v) is 9.66. The van der Waals surface area contributed by atoms with Gasteiger partial charge >= 0.3 is 0 Å². The van der Waals surface area contributed by atoms with Crippen molar-refractivity contribution in [2.75, 3.05) is 0 Å². The summed E-state index contributed by atoms with van der Waals surface area (Å²) in [7, 11) is 0. The molecule has 0 aliphatic carbocycles. The molecule has 0 aromatic heterocycles. The van der Waals surface area contributed by atoms with Crippen molar-refractivity contribution in [3.8, 4) is 6.07 Å². The van der Waals surface area contributed by atoms with Gasteiger partial charge in [0.25, 0.3) is 0 Å². The van der Waals surface area contributed by atoms with E-state index in [-0.39, 0.29) is 11.9 Å². The average Bonchev–Trinajstić information content (AvgIpc) is 2.17. The van der Waals surface area contributed by atoms with Crippen molar-refractivity contribution < 1.29 is 4.79 Å². The van der Waals surface area contributed by atoms with Crippen molar-refractivity contribution in [3.05, 3.63) is 35.4 Å². The molecule has 0 bridgehead atoms. The van der Waals surface area contributed by atoms with Gasteiger partial charge in [0.05, 0.1) is 18.9 Å². The number of carbonyl (C=O) groups excluding carboxylic acids is 1. The van der Waals surface area contributed by atoms with Crippen LogP contribution in [0.3, 0.4) is 0 Å². The summed E-state index contributed by atoms with van der Waals surface area (Å²) in [5, 5.41) is 11.3. The number of nitrogens with zero attached hydrogens (tertiary/aromatic N) is 1. The minimum Gasteiger partial charge on any atom is -0.352 e. The van der Waals surface area contributed by atoms with Crippen LogP contribution in [0.2, 0.25) is 0 Å². The summed E-state index contributed by atoms with van der Waals surface area (Å²) in [5.74, 6) is -0.0339. The molecular formula is C13H16N2O. The van der Waals surface area contributed by atoms with Crippen molar-refractivity contribution in [2.24, 2.45) is 0 Å². The molecule has 0 heterocycles. The van der Waals surface area contributed by atoms with Crippen LogP contribution in [-0.2, 0) is 11.2 Å². The zero-order valence-electron chi connectivity index (χ0n) is 9.66. The first-order valence-electron chi connectivity index (χ1n) is 5.33. The summed E-state index contributed by atoms with van der Waals surface area (Å²) >= 11 is 0. The number of aryl methyl sites for hydroxylation is 1. The summed E-state index contributed by atoms with van der Waals surface area (Å²) in [5.41, 5.74) is 2.15. The summed E-state index contributed by atoms with van der Waals surface area (Å²) in [4.78, 5) is 11.6. The fraction of sp³-hybridized carbons (Fsp3) is 0.385. The monoisotopic (exact) mass is 216 g/mol. The van der Waals surface area contributed by atoms with Crippen LogP contribution in [0.4, 0.5) is 0 Å². The van der Waals surface area contributed by atoms with E-state index in [1.54, 1.807) is 0 Å². The topological polar surface area (TPSA) is 52.9 Å². The van der Waals surface area contributed by atoms with Gasteiger partial charge in [0.15, 0.2) is 0 Å². The molecule has 0 radical (unpaired) electrons. The van der Waals surface area contributed by atoms with Gasteiger partial charge in [-0.15, -0.1) is 0 Å². The van der Waals surface area contributed by atoms with E-state index in [2.05, 4.69) is 5.32 Å². The Morgan fingerprint density at radius 2 is 2.31 bits per heavy atom. The Kier molecular flexibility index (Phi) is 4.53. The standard InChI is InChI=1S/C13H16N2O/c1-10-4-3-5-12(8-10)9-13(16)15-11(2)6-7-14/h3-5,8,11H,6,9H2,1-2H3,(H,15,16). The molecule has 3 nitrogen and oxygen atoms in total. The third kappa shape index (κ3) is 4.14. The fourth-order valence-electron chi connectivity index (χ4n) is 1.52. The maximum atomic E-state index is 11.6. The zero-order chi connectivity index (χ0) is 12.0. The van der Waals surface area contributed by atoms with Crippen LogP contribution in [0, 0.1) is 18.3 Å². The van der Waals surface area contributed by atoms with E-state index in [0.29, 0.717) is 12.8 Å². The third-order valence-electron chi connectivity index (χ3n) is 2.25. The number of hydrogen-bond acceptors (Lipinski definition) is 2. The van der Waals surface area contributed by atoms with Gasteiger partial charge in [0.1, 0.15) is 0 Å². The number of rotatable bonds is 4. The van der Waals surface area contributed by atoms with Gasteiger partial charge in [-0.2, -0.15) is 5.26 Å². The van der Waals surface area contributed by atoms with Crippen molar-refractivity contribution in [1.29, 1.82) is 5.26 Å². The highest BCUT2D eigenvalue weighted by Gasteiger charge is 2.07. The summed E-state index contributed by atoms with van der Waals surface area (Å²) < 4.78 is 0. The third-order valence-corrected chi connectivity index (χ3v) is 2.25. The second-order valence-corrected chi connectivity index (χ2v) is 4.00. The van der Waals surface area contributed by atoms with Crippen LogP contribution in [0.25, 0.3) is 0 Å². The molecule has 1 amide bonds. The van der Waals surface area contributed by atoms with Crippen molar-refractivity contribution in [1.82, 2.24) is 5.32 Å². The lowest BCUT2D eigenvalue weighted by Gasteiger charge is -2.10. The Balaban J connectivity index is 2.49. The van der Waals surface area contributed by atoms with Crippen LogP contribution >= 0.6 is 0 Å². The molecule has 16 heavy (non-hydrogen) atoms. The molecule has 1 aromatic carbocycles. The van der Waals surface area contributed by atoms with E-state index in [1.165, 1.54) is 0 Å². The summed E-state index contributed by atoms with van der Waals surface area (Å²) in [6.45, 7) is 3.83. The highest BCUT2D eigenvalue weighted by Crippen LogP contribution is 2.04. The van der Waals surface area contributed by atoms with Crippen molar-refractivity contribution >= 4 is 5.91 Å². The molecule has 1 unspecified atom stereocenters. The van der Waals surface area contributed by atoms with Crippen LogP contribution in [-0.4, -0.2) is 11.9 Å². The molecule has 0 aliphatic rings. The highest BCUT2D eigenvalue weighted by atomic mass is 16.1. The van der Waals surface area contributed by atoms with E-state index in [0.717, 1.165) is 11.1 Å². The number of carbonyl (C=O) groups is 1. The fourth-order valence-corrected chi connectivity index (χ4v) is 1.52. The maximum Gasteiger partial charge on any atom is 0.224 e. The Labute approximate surface area is 96.1 Å². The number of nitrogens with one attached hydrogen (secondary N) is 1. The van der Waals surface area contributed by atoms with Crippen molar-refractivity contribution in [3.63, 3.8) is 0 Å². The van der Waals surface area contributed by atoms with Gasteiger partial charge < -0.3 is 5.32 Å².